The van der Waals surface area contributed by atoms with Crippen molar-refractivity contribution in [1.29, 1.82) is 0 Å². The number of rotatable bonds is 0. The SMILES string of the molecule is [AlH3].[AlH3].[AsH3].[InH3]. The van der Waals surface area contributed by atoms with Crippen LogP contribution in [0.2, 0.25) is 0 Å². The molecule has 1 atom stereocenters. The summed E-state index contributed by atoms with van der Waals surface area (Å²) in [5.74, 6) is 0. The van der Waals surface area contributed by atoms with Gasteiger partial charge in [0.2, 0.25) is 0 Å². The summed E-state index contributed by atoms with van der Waals surface area (Å²) in [7, 11) is 0. The number of hydrogen-bond acceptors (Lipinski definition) is 0. The first kappa shape index (κ1) is 31.5. The van der Waals surface area contributed by atoms with Gasteiger partial charge in [0.15, 0.2) is 34.7 Å². The van der Waals surface area contributed by atoms with Crippen LogP contribution in [0.25, 0.3) is 0 Å². The Balaban J connectivity index is 0. The third-order valence-corrected chi connectivity index (χ3v) is 0. The van der Waals surface area contributed by atoms with Crippen LogP contribution in [0.4, 0.5) is 0 Å². The van der Waals surface area contributed by atoms with Crippen LogP contribution in [0.15, 0.2) is 0 Å². The van der Waals surface area contributed by atoms with Gasteiger partial charge in [0.05, 0.1) is 0 Å². The molecule has 1 unspecified atom stereocenters. The van der Waals surface area contributed by atoms with Crippen molar-refractivity contribution in [1.82, 2.24) is 0 Å². The minimum absolute atomic E-state index is 0. The van der Waals surface area contributed by atoms with Gasteiger partial charge in [-0.3, -0.25) is 0 Å². The Morgan fingerprint density at radius 1 is 0.750 bits per heavy atom. The standard InChI is InChI=1S/2Al.AsH3.In.9H/h;;1H3;;;;;;;;;;. The fourth-order valence-electron chi connectivity index (χ4n) is 0. The van der Waals surface area contributed by atoms with Crippen molar-refractivity contribution in [3.05, 3.63) is 0 Å². The van der Waals surface area contributed by atoms with E-state index in [0.29, 0.717) is 0 Å². The number of hydrogen-bond donors (Lipinski definition) is 0. The molecule has 4 heteroatoms. The molecule has 0 aliphatic heterocycles. The summed E-state index contributed by atoms with van der Waals surface area (Å²) in [5.41, 5.74) is 0. The van der Waals surface area contributed by atoms with E-state index in [2.05, 4.69) is 0 Å². The first-order chi connectivity index (χ1) is 0. The van der Waals surface area contributed by atoms with Crippen LogP contribution in [0.1, 0.15) is 0 Å². The molecule has 0 saturated heterocycles. The molecule has 0 aromatic carbocycles. The van der Waals surface area contributed by atoms with Gasteiger partial charge in [0, 0.05) is 0 Å². The molecule has 0 nitrogen and oxygen atoms in total. The van der Waals surface area contributed by atoms with E-state index in [-0.39, 0.29) is 78.5 Å². The predicted molar refractivity (Wildman–Crippen MR) is 39.8 cm³/mol. The zero-order valence-electron chi connectivity index (χ0n) is 0.707. The molecule has 0 radical (unpaired) electrons. The predicted octanol–water partition coefficient (Wildman–Crippen LogP) is -4.74. The van der Waals surface area contributed by atoms with Crippen LogP contribution in [0.5, 0.6) is 0 Å². The van der Waals surface area contributed by atoms with Gasteiger partial charge in [0.1, 0.15) is 0 Å². The Hall–Kier alpha value is 2.49. The molecule has 26 valence electrons. The third kappa shape index (κ3) is 8.82. The first-order valence-electron chi connectivity index (χ1n) is 0. The van der Waals surface area contributed by atoms with Crippen LogP contribution < -0.4 is 0 Å². The van der Waals surface area contributed by atoms with Gasteiger partial charge in [-0.05, 0) is 0 Å². The minimum atomic E-state index is 0. The summed E-state index contributed by atoms with van der Waals surface area (Å²) < 4.78 is 0. The van der Waals surface area contributed by atoms with E-state index in [1.165, 1.54) is 0 Å². The maximum absolute atomic E-state index is 0. The summed E-state index contributed by atoms with van der Waals surface area (Å²) in [6, 6.07) is 0. The summed E-state index contributed by atoms with van der Waals surface area (Å²) in [6.07, 6.45) is 0. The van der Waals surface area contributed by atoms with Crippen molar-refractivity contribution >= 4 is 78.5 Å². The van der Waals surface area contributed by atoms with E-state index >= 15 is 0 Å². The molecule has 0 aromatic heterocycles. The van der Waals surface area contributed by atoms with Gasteiger partial charge < -0.3 is 0 Å². The van der Waals surface area contributed by atoms with Crippen molar-refractivity contribution < 1.29 is 0 Å². The summed E-state index contributed by atoms with van der Waals surface area (Å²) in [6.45, 7) is 0. The molecule has 0 bridgehead atoms. The molecule has 0 fully saturated rings. The van der Waals surface area contributed by atoms with Gasteiger partial charge in [-0.1, -0.05) is 0 Å². The van der Waals surface area contributed by atoms with E-state index in [1.807, 2.05) is 0 Å². The normalized spacial score (nSPS) is 0. The molecular formula is H12Al2AsIn. The zero-order valence-corrected chi connectivity index (χ0v) is 3.67. The van der Waals surface area contributed by atoms with Gasteiger partial charge in [-0.15, -0.1) is 0 Å². The van der Waals surface area contributed by atoms with E-state index in [0.717, 1.165) is 0 Å². The average molecular weight is 256 g/mol. The topological polar surface area (TPSA) is 0 Å². The summed E-state index contributed by atoms with van der Waals surface area (Å²) >= 11 is 0. The Bertz CT molecular complexity index is 6.00. The van der Waals surface area contributed by atoms with Crippen molar-refractivity contribution in [3.8, 4) is 0 Å². The van der Waals surface area contributed by atoms with Crippen LogP contribution in [-0.2, 0) is 0 Å². The zero-order chi connectivity index (χ0) is 0. The molecule has 0 saturated carbocycles. The van der Waals surface area contributed by atoms with E-state index < -0.39 is 0 Å². The van der Waals surface area contributed by atoms with Crippen molar-refractivity contribution in [2.24, 2.45) is 0 Å². The summed E-state index contributed by atoms with van der Waals surface area (Å²) in [4.78, 5) is 0. The second kappa shape index (κ2) is 17.8. The third-order valence-electron chi connectivity index (χ3n) is 0. The Kier molecular flexibility index (Phi) is 141. The molecule has 0 aliphatic rings. The first-order valence-corrected chi connectivity index (χ1v) is 0. The molecule has 0 spiro atoms. The van der Waals surface area contributed by atoms with E-state index in [4.69, 9.17) is 0 Å². The fourth-order valence-corrected chi connectivity index (χ4v) is 0. The van der Waals surface area contributed by atoms with Crippen molar-refractivity contribution in [3.63, 3.8) is 0 Å². The van der Waals surface area contributed by atoms with Crippen LogP contribution in [-0.4, -0.2) is 78.5 Å². The quantitative estimate of drug-likeness (QED) is 0.382. The van der Waals surface area contributed by atoms with Gasteiger partial charge in [0.25, 0.3) is 0 Å². The summed E-state index contributed by atoms with van der Waals surface area (Å²) in [5, 5.41) is 0. The molecule has 0 N–H and O–H groups in total. The van der Waals surface area contributed by atoms with Crippen LogP contribution in [0.3, 0.4) is 0 Å². The van der Waals surface area contributed by atoms with Crippen molar-refractivity contribution in [2.45, 2.75) is 0 Å². The Labute approximate surface area is 77.5 Å². The monoisotopic (exact) mass is 256 g/mol. The molecule has 0 amide bonds. The van der Waals surface area contributed by atoms with E-state index in [9.17, 15) is 0 Å². The van der Waals surface area contributed by atoms with Crippen LogP contribution in [0, 0.1) is 0 Å². The second-order valence-corrected chi connectivity index (χ2v) is 0. The molecule has 4 heavy (non-hydrogen) atoms. The van der Waals surface area contributed by atoms with Gasteiger partial charge >= 0.3 is 43.8 Å². The van der Waals surface area contributed by atoms with Gasteiger partial charge in [-0.2, -0.15) is 0 Å². The molecule has 0 aliphatic carbocycles. The molecule has 0 rings (SSSR count). The molecule has 0 heterocycles. The van der Waals surface area contributed by atoms with Crippen LogP contribution >= 0.6 is 0 Å². The van der Waals surface area contributed by atoms with E-state index in [1.54, 1.807) is 0 Å². The second-order valence-electron chi connectivity index (χ2n) is 0. The molecule has 0 aromatic rings. The average Bonchev–Trinajstić information content (AvgIpc) is 0. The molecular weight excluding hydrogens is 244 g/mol. The fraction of sp³-hybridized carbons (Fsp3) is 0. The Morgan fingerprint density at radius 3 is 0.750 bits per heavy atom. The van der Waals surface area contributed by atoms with Gasteiger partial charge in [-0.25, -0.2) is 0 Å². The maximum atomic E-state index is 0. The Morgan fingerprint density at radius 2 is 0.750 bits per heavy atom. The van der Waals surface area contributed by atoms with Crippen molar-refractivity contribution in [2.75, 3.05) is 0 Å².